The first-order valence-corrected chi connectivity index (χ1v) is 9.96. The maximum absolute atomic E-state index is 4.11. The van der Waals surface area contributed by atoms with Crippen molar-refractivity contribution in [3.05, 3.63) is 83.9 Å². The van der Waals surface area contributed by atoms with Crippen LogP contribution >= 0.6 is 0 Å². The molecule has 0 amide bonds. The number of rotatable bonds is 6. The monoisotopic (exact) mass is 372 g/mol. The van der Waals surface area contributed by atoms with Crippen LogP contribution in [-0.4, -0.2) is 40.5 Å². The van der Waals surface area contributed by atoms with E-state index in [4.69, 9.17) is 0 Å². The van der Waals surface area contributed by atoms with Crippen LogP contribution in [0.2, 0.25) is 0 Å². The van der Waals surface area contributed by atoms with Crippen LogP contribution in [0.1, 0.15) is 29.5 Å². The van der Waals surface area contributed by atoms with Gasteiger partial charge in [-0.1, -0.05) is 48.5 Å². The van der Waals surface area contributed by atoms with Gasteiger partial charge in [-0.25, -0.2) is 9.97 Å². The van der Waals surface area contributed by atoms with Gasteiger partial charge in [0.25, 0.3) is 0 Å². The Hall–Kier alpha value is -2.56. The van der Waals surface area contributed by atoms with E-state index in [0.29, 0.717) is 18.0 Å². The summed E-state index contributed by atoms with van der Waals surface area (Å²) < 4.78 is 0. The normalized spacial score (nSPS) is 21.5. The Morgan fingerprint density at radius 1 is 1.00 bits per heavy atom. The average Bonchev–Trinajstić information content (AvgIpc) is 2.69. The van der Waals surface area contributed by atoms with E-state index >= 15 is 0 Å². The van der Waals surface area contributed by atoms with Crippen molar-refractivity contribution in [2.45, 2.75) is 38.4 Å². The highest BCUT2D eigenvalue weighted by Crippen LogP contribution is 2.34. The largest absolute Gasteiger partial charge is 0.309 e. The molecule has 1 aromatic heterocycles. The number of aryl methyl sites for hydroxylation is 1. The van der Waals surface area contributed by atoms with Gasteiger partial charge in [0.05, 0.1) is 0 Å². The first-order chi connectivity index (χ1) is 13.6. The molecular formula is C24H28N4. The van der Waals surface area contributed by atoms with Gasteiger partial charge in [0.1, 0.15) is 6.33 Å². The summed E-state index contributed by atoms with van der Waals surface area (Å²) in [7, 11) is 2.16. The third-order valence-electron chi connectivity index (χ3n) is 5.78. The lowest BCUT2D eigenvalue weighted by molar-refractivity contribution is 0.164. The van der Waals surface area contributed by atoms with Gasteiger partial charge in [-0.15, -0.1) is 0 Å². The van der Waals surface area contributed by atoms with E-state index in [1.165, 1.54) is 22.3 Å². The van der Waals surface area contributed by atoms with Crippen molar-refractivity contribution in [1.29, 1.82) is 0 Å². The highest BCUT2D eigenvalue weighted by atomic mass is 15.2. The minimum Gasteiger partial charge on any atom is -0.309 e. The highest BCUT2D eigenvalue weighted by Gasteiger charge is 2.38. The van der Waals surface area contributed by atoms with Crippen LogP contribution in [0.15, 0.2) is 67.3 Å². The Bertz CT molecular complexity index is 907. The van der Waals surface area contributed by atoms with E-state index in [1.807, 2.05) is 12.4 Å². The fourth-order valence-electron chi connectivity index (χ4n) is 4.37. The number of nitrogens with one attached hydrogen (secondary N) is 1. The molecule has 144 valence electrons. The van der Waals surface area contributed by atoms with Gasteiger partial charge >= 0.3 is 0 Å². The van der Waals surface area contributed by atoms with Crippen LogP contribution in [0.4, 0.5) is 0 Å². The molecular weight excluding hydrogens is 344 g/mol. The van der Waals surface area contributed by atoms with Crippen molar-refractivity contribution in [2.75, 3.05) is 13.6 Å². The minimum atomic E-state index is 0.467. The Labute approximate surface area is 167 Å². The van der Waals surface area contributed by atoms with Crippen LogP contribution in [0.25, 0.3) is 11.1 Å². The predicted molar refractivity (Wildman–Crippen MR) is 114 cm³/mol. The maximum atomic E-state index is 4.11. The number of likely N-dealkylation sites (N-methyl/N-ethyl adjacent to an activating group) is 1. The summed E-state index contributed by atoms with van der Waals surface area (Å²) in [6.45, 7) is 6.32. The van der Waals surface area contributed by atoms with Crippen LogP contribution in [0.5, 0.6) is 0 Å². The van der Waals surface area contributed by atoms with Crippen molar-refractivity contribution in [3.63, 3.8) is 0 Å². The molecule has 28 heavy (non-hydrogen) atoms. The zero-order valence-corrected chi connectivity index (χ0v) is 16.8. The van der Waals surface area contributed by atoms with E-state index in [2.05, 4.69) is 89.6 Å². The molecule has 4 nitrogen and oxygen atoms in total. The molecule has 1 N–H and O–H groups in total. The summed E-state index contributed by atoms with van der Waals surface area (Å²) in [5.41, 5.74) is 6.49. The topological polar surface area (TPSA) is 41.0 Å². The molecule has 1 fully saturated rings. The number of hydrogen-bond donors (Lipinski definition) is 1. The van der Waals surface area contributed by atoms with Crippen molar-refractivity contribution >= 4 is 0 Å². The van der Waals surface area contributed by atoms with Gasteiger partial charge in [0.2, 0.25) is 0 Å². The second-order valence-electron chi connectivity index (χ2n) is 7.97. The summed E-state index contributed by atoms with van der Waals surface area (Å²) in [5, 5.41) is 3.69. The van der Waals surface area contributed by atoms with Crippen LogP contribution in [0.3, 0.4) is 0 Å². The first kappa shape index (κ1) is 18.8. The number of nitrogens with zero attached hydrogens (tertiary/aromatic N) is 3. The van der Waals surface area contributed by atoms with Gasteiger partial charge < -0.3 is 10.2 Å². The summed E-state index contributed by atoms with van der Waals surface area (Å²) in [5.74, 6) is 0.542. The molecule has 3 atom stereocenters. The third kappa shape index (κ3) is 3.98. The summed E-state index contributed by atoms with van der Waals surface area (Å²) >= 11 is 0. The fraction of sp³-hybridized carbons (Fsp3) is 0.333. The fourth-order valence-corrected chi connectivity index (χ4v) is 4.37. The molecule has 3 unspecified atom stereocenters. The van der Waals surface area contributed by atoms with Gasteiger partial charge in [-0.3, -0.25) is 0 Å². The molecule has 0 aliphatic carbocycles. The lowest BCUT2D eigenvalue weighted by atomic mass is 9.77. The Morgan fingerprint density at radius 2 is 1.71 bits per heavy atom. The maximum Gasteiger partial charge on any atom is 0.115 e. The van der Waals surface area contributed by atoms with Crippen LogP contribution in [-0.2, 0) is 6.54 Å². The molecule has 0 saturated carbocycles. The van der Waals surface area contributed by atoms with E-state index < -0.39 is 0 Å². The van der Waals surface area contributed by atoms with Crippen LogP contribution in [0, 0.1) is 6.92 Å². The minimum absolute atomic E-state index is 0.467. The second-order valence-corrected chi connectivity index (χ2v) is 7.97. The van der Waals surface area contributed by atoms with E-state index in [-0.39, 0.29) is 0 Å². The molecule has 0 spiro atoms. The van der Waals surface area contributed by atoms with Crippen molar-refractivity contribution < 1.29 is 0 Å². The molecule has 1 aliphatic heterocycles. The Morgan fingerprint density at radius 3 is 2.39 bits per heavy atom. The molecule has 1 saturated heterocycles. The molecule has 0 bridgehead atoms. The molecule has 3 aromatic rings. The number of hydrogen-bond acceptors (Lipinski definition) is 4. The van der Waals surface area contributed by atoms with Crippen molar-refractivity contribution in [3.8, 4) is 11.1 Å². The third-order valence-corrected chi connectivity index (χ3v) is 5.78. The SMILES string of the molecule is Cc1ccccc1-c1ccc(C2C(C)NC2CN(C)Cc2cncnc2)cc1. The van der Waals surface area contributed by atoms with E-state index in [0.717, 1.165) is 18.7 Å². The quantitative estimate of drug-likeness (QED) is 0.709. The molecule has 2 heterocycles. The molecule has 4 rings (SSSR count). The van der Waals surface area contributed by atoms with Crippen molar-refractivity contribution in [1.82, 2.24) is 20.2 Å². The van der Waals surface area contributed by atoms with Gasteiger partial charge in [0, 0.05) is 49.0 Å². The van der Waals surface area contributed by atoms with Gasteiger partial charge in [0.15, 0.2) is 0 Å². The predicted octanol–water partition coefficient (Wildman–Crippen LogP) is 4.03. The Balaban J connectivity index is 1.43. The van der Waals surface area contributed by atoms with Gasteiger partial charge in [-0.2, -0.15) is 0 Å². The van der Waals surface area contributed by atoms with E-state index in [1.54, 1.807) is 6.33 Å². The molecule has 2 aromatic carbocycles. The number of benzene rings is 2. The van der Waals surface area contributed by atoms with Crippen LogP contribution < -0.4 is 5.32 Å². The summed E-state index contributed by atoms with van der Waals surface area (Å²) in [4.78, 5) is 10.6. The molecule has 1 aliphatic rings. The van der Waals surface area contributed by atoms with Gasteiger partial charge in [-0.05, 0) is 43.1 Å². The standard InChI is InChI=1S/C24H28N4/c1-17-6-4-5-7-22(17)20-8-10-21(11-9-20)24-18(2)27-23(24)15-28(3)14-19-12-25-16-26-13-19/h4-13,16,18,23-24,27H,14-15H2,1-3H3. The van der Waals surface area contributed by atoms with Crippen molar-refractivity contribution in [2.24, 2.45) is 0 Å². The average molecular weight is 373 g/mol. The second kappa shape index (κ2) is 8.21. The zero-order valence-electron chi connectivity index (χ0n) is 16.8. The lowest BCUT2D eigenvalue weighted by Crippen LogP contribution is -2.61. The summed E-state index contributed by atoms with van der Waals surface area (Å²) in [6.07, 6.45) is 5.36. The molecule has 0 radical (unpaired) electrons. The Kier molecular flexibility index (Phi) is 5.51. The lowest BCUT2D eigenvalue weighted by Gasteiger charge is -2.46. The number of aromatic nitrogens is 2. The summed E-state index contributed by atoms with van der Waals surface area (Å²) in [6, 6.07) is 18.7. The highest BCUT2D eigenvalue weighted by molar-refractivity contribution is 5.67. The first-order valence-electron chi connectivity index (χ1n) is 9.96. The van der Waals surface area contributed by atoms with E-state index in [9.17, 15) is 0 Å². The smallest absolute Gasteiger partial charge is 0.115 e. The zero-order chi connectivity index (χ0) is 19.5. The molecule has 4 heteroatoms.